The van der Waals surface area contributed by atoms with Crippen LogP contribution in [-0.2, 0) is 22.4 Å². The molecule has 1 heterocycles. The highest BCUT2D eigenvalue weighted by Crippen LogP contribution is 2.38. The summed E-state index contributed by atoms with van der Waals surface area (Å²) in [4.78, 5) is 27.8. The SMILES string of the molecule is CNC(=O)[C@@]1(Cc2ccccc2-c2ccccc2F)CCN(C(=O)Cc2ccccc2)C1. The Morgan fingerprint density at radius 3 is 2.31 bits per heavy atom. The van der Waals surface area contributed by atoms with Crippen LogP contribution in [0.25, 0.3) is 11.1 Å². The highest BCUT2D eigenvalue weighted by atomic mass is 19.1. The zero-order chi connectivity index (χ0) is 22.6. The summed E-state index contributed by atoms with van der Waals surface area (Å²) in [6, 6.07) is 23.9. The van der Waals surface area contributed by atoms with Crippen molar-refractivity contribution < 1.29 is 14.0 Å². The van der Waals surface area contributed by atoms with Crippen LogP contribution in [0.15, 0.2) is 78.9 Å². The third-order valence-electron chi connectivity index (χ3n) is 6.32. The van der Waals surface area contributed by atoms with Crippen molar-refractivity contribution in [2.45, 2.75) is 19.3 Å². The molecule has 164 valence electrons. The van der Waals surface area contributed by atoms with E-state index in [0.717, 1.165) is 16.7 Å². The zero-order valence-electron chi connectivity index (χ0n) is 18.2. The summed E-state index contributed by atoms with van der Waals surface area (Å²) in [5.74, 6) is -0.361. The Morgan fingerprint density at radius 1 is 0.938 bits per heavy atom. The molecule has 1 aliphatic rings. The Hall–Kier alpha value is -3.47. The molecule has 3 aromatic carbocycles. The van der Waals surface area contributed by atoms with Gasteiger partial charge in [-0.05, 0) is 35.6 Å². The lowest BCUT2D eigenvalue weighted by atomic mass is 9.78. The maximum atomic E-state index is 14.5. The van der Waals surface area contributed by atoms with Crippen molar-refractivity contribution in [2.75, 3.05) is 20.1 Å². The first-order chi connectivity index (χ1) is 15.5. The molecular formula is C27H27FN2O2. The van der Waals surface area contributed by atoms with E-state index in [0.29, 0.717) is 37.9 Å². The molecule has 0 spiro atoms. The average molecular weight is 431 g/mol. The Morgan fingerprint density at radius 2 is 1.59 bits per heavy atom. The number of hydrogen-bond donors (Lipinski definition) is 1. The fraction of sp³-hybridized carbons (Fsp3) is 0.259. The summed E-state index contributed by atoms with van der Waals surface area (Å²) in [5.41, 5.74) is 2.41. The largest absolute Gasteiger partial charge is 0.359 e. The van der Waals surface area contributed by atoms with Crippen molar-refractivity contribution in [1.82, 2.24) is 10.2 Å². The molecule has 0 bridgehead atoms. The van der Waals surface area contributed by atoms with Gasteiger partial charge < -0.3 is 10.2 Å². The molecule has 0 saturated carbocycles. The molecule has 4 nitrogen and oxygen atoms in total. The highest BCUT2D eigenvalue weighted by Gasteiger charge is 2.45. The molecule has 3 aromatic rings. The average Bonchev–Trinajstić information content (AvgIpc) is 3.25. The summed E-state index contributed by atoms with van der Waals surface area (Å²) >= 11 is 0. The summed E-state index contributed by atoms with van der Waals surface area (Å²) < 4.78 is 14.5. The van der Waals surface area contributed by atoms with Crippen LogP contribution >= 0.6 is 0 Å². The molecule has 0 unspecified atom stereocenters. The van der Waals surface area contributed by atoms with E-state index in [4.69, 9.17) is 0 Å². The van der Waals surface area contributed by atoms with Crippen LogP contribution in [0.3, 0.4) is 0 Å². The number of benzene rings is 3. The Kier molecular flexibility index (Phi) is 6.35. The predicted molar refractivity (Wildman–Crippen MR) is 123 cm³/mol. The monoisotopic (exact) mass is 430 g/mol. The van der Waals surface area contributed by atoms with Crippen molar-refractivity contribution in [3.63, 3.8) is 0 Å². The number of hydrogen-bond acceptors (Lipinski definition) is 2. The van der Waals surface area contributed by atoms with E-state index in [9.17, 15) is 14.0 Å². The first-order valence-electron chi connectivity index (χ1n) is 10.9. The predicted octanol–water partition coefficient (Wildman–Crippen LogP) is 4.24. The summed E-state index contributed by atoms with van der Waals surface area (Å²) in [6.07, 6.45) is 1.32. The van der Waals surface area contributed by atoms with Crippen LogP contribution in [0.2, 0.25) is 0 Å². The minimum absolute atomic E-state index is 0.0179. The Bertz CT molecular complexity index is 1120. The molecule has 1 saturated heterocycles. The number of nitrogens with zero attached hydrogens (tertiary/aromatic N) is 1. The molecule has 0 radical (unpaired) electrons. The van der Waals surface area contributed by atoms with Gasteiger partial charge in [0.1, 0.15) is 5.82 Å². The summed E-state index contributed by atoms with van der Waals surface area (Å²) in [6.45, 7) is 0.880. The lowest BCUT2D eigenvalue weighted by Crippen LogP contribution is -2.44. The molecule has 1 aliphatic heterocycles. The Labute approximate surface area is 188 Å². The fourth-order valence-corrected chi connectivity index (χ4v) is 4.62. The second-order valence-electron chi connectivity index (χ2n) is 8.40. The van der Waals surface area contributed by atoms with Crippen LogP contribution in [-0.4, -0.2) is 36.9 Å². The minimum atomic E-state index is -0.748. The second-order valence-corrected chi connectivity index (χ2v) is 8.40. The molecule has 4 rings (SSSR count). The Balaban J connectivity index is 1.60. The van der Waals surface area contributed by atoms with E-state index < -0.39 is 5.41 Å². The number of likely N-dealkylation sites (tertiary alicyclic amines) is 1. The maximum absolute atomic E-state index is 14.5. The first kappa shape index (κ1) is 21.8. The van der Waals surface area contributed by atoms with Crippen LogP contribution < -0.4 is 5.32 Å². The standard InChI is InChI=1S/C27H27FN2O2/c1-29-26(32)27(15-16-30(19-27)25(31)17-20-9-3-2-4-10-20)18-21-11-5-6-12-22(21)23-13-7-8-14-24(23)28/h2-14H,15-19H2,1H3,(H,29,32)/t27-/m1/s1. The number of halogens is 1. The van der Waals surface area contributed by atoms with Gasteiger partial charge >= 0.3 is 0 Å². The summed E-state index contributed by atoms with van der Waals surface area (Å²) in [7, 11) is 1.63. The van der Waals surface area contributed by atoms with Gasteiger partial charge in [-0.25, -0.2) is 4.39 Å². The van der Waals surface area contributed by atoms with Gasteiger partial charge in [0.25, 0.3) is 0 Å². The van der Waals surface area contributed by atoms with E-state index >= 15 is 0 Å². The molecule has 1 atom stereocenters. The number of carbonyl (C=O) groups is 2. The van der Waals surface area contributed by atoms with Gasteiger partial charge in [0.15, 0.2) is 0 Å². The summed E-state index contributed by atoms with van der Waals surface area (Å²) in [5, 5.41) is 2.80. The van der Waals surface area contributed by atoms with Gasteiger partial charge in [-0.1, -0.05) is 72.8 Å². The molecule has 5 heteroatoms. The molecule has 1 N–H and O–H groups in total. The van der Waals surface area contributed by atoms with E-state index in [2.05, 4.69) is 5.32 Å². The molecule has 1 fully saturated rings. The van der Waals surface area contributed by atoms with Crippen molar-refractivity contribution in [3.8, 4) is 11.1 Å². The second kappa shape index (κ2) is 9.35. The van der Waals surface area contributed by atoms with Crippen LogP contribution in [0, 0.1) is 11.2 Å². The molecule has 32 heavy (non-hydrogen) atoms. The van der Waals surface area contributed by atoms with Crippen molar-refractivity contribution in [1.29, 1.82) is 0 Å². The van der Waals surface area contributed by atoms with Gasteiger partial charge in [-0.2, -0.15) is 0 Å². The quantitative estimate of drug-likeness (QED) is 0.636. The highest BCUT2D eigenvalue weighted by molar-refractivity contribution is 5.86. The van der Waals surface area contributed by atoms with E-state index in [1.807, 2.05) is 60.7 Å². The van der Waals surface area contributed by atoms with Crippen LogP contribution in [0.5, 0.6) is 0 Å². The molecule has 0 aliphatic carbocycles. The fourth-order valence-electron chi connectivity index (χ4n) is 4.62. The van der Waals surface area contributed by atoms with Gasteiger partial charge in [-0.3, -0.25) is 9.59 Å². The van der Waals surface area contributed by atoms with Gasteiger partial charge in [0.05, 0.1) is 11.8 Å². The van der Waals surface area contributed by atoms with Crippen molar-refractivity contribution in [2.24, 2.45) is 5.41 Å². The smallest absolute Gasteiger partial charge is 0.228 e. The van der Waals surface area contributed by atoms with Crippen molar-refractivity contribution in [3.05, 3.63) is 95.8 Å². The van der Waals surface area contributed by atoms with Gasteiger partial charge in [0, 0.05) is 25.7 Å². The third kappa shape index (κ3) is 4.42. The van der Waals surface area contributed by atoms with Gasteiger partial charge in [0.2, 0.25) is 11.8 Å². The van der Waals surface area contributed by atoms with Crippen LogP contribution in [0.1, 0.15) is 17.5 Å². The normalized spacial score (nSPS) is 17.9. The first-order valence-corrected chi connectivity index (χ1v) is 10.9. The topological polar surface area (TPSA) is 49.4 Å². The van der Waals surface area contributed by atoms with Crippen LogP contribution in [0.4, 0.5) is 4.39 Å². The van der Waals surface area contributed by atoms with Crippen molar-refractivity contribution >= 4 is 11.8 Å². The van der Waals surface area contributed by atoms with E-state index in [1.54, 1.807) is 24.1 Å². The molecular weight excluding hydrogens is 403 g/mol. The van der Waals surface area contributed by atoms with Gasteiger partial charge in [-0.15, -0.1) is 0 Å². The zero-order valence-corrected chi connectivity index (χ0v) is 18.2. The minimum Gasteiger partial charge on any atom is -0.359 e. The van der Waals surface area contributed by atoms with E-state index in [1.165, 1.54) is 6.07 Å². The number of carbonyl (C=O) groups excluding carboxylic acids is 2. The lowest BCUT2D eigenvalue weighted by molar-refractivity contribution is -0.132. The van der Waals surface area contributed by atoms with E-state index in [-0.39, 0.29) is 17.6 Å². The number of nitrogens with one attached hydrogen (secondary N) is 1. The maximum Gasteiger partial charge on any atom is 0.228 e. The number of amides is 2. The number of rotatable bonds is 6. The molecule has 0 aromatic heterocycles. The lowest BCUT2D eigenvalue weighted by Gasteiger charge is -2.29. The molecule has 2 amide bonds. The third-order valence-corrected chi connectivity index (χ3v) is 6.32.